The molecule has 0 heterocycles. The normalized spacial score (nSPS) is 12.7. The Labute approximate surface area is 176 Å². The van der Waals surface area contributed by atoms with Crippen LogP contribution < -0.4 is 16.0 Å². The Morgan fingerprint density at radius 2 is 1.67 bits per heavy atom. The van der Waals surface area contributed by atoms with Crippen LogP contribution in [-0.4, -0.2) is 35.7 Å². The highest BCUT2D eigenvalue weighted by atomic mass is 35.5. The Balaban J connectivity index is 1.54. The molecule has 1 aliphatic rings. The first-order chi connectivity index (χ1) is 14.3. The Kier molecular flexibility index (Phi) is 6.63. The molecule has 2 aromatic rings. The summed E-state index contributed by atoms with van der Waals surface area (Å²) >= 11 is 5.84. The van der Waals surface area contributed by atoms with Crippen molar-refractivity contribution in [3.05, 3.63) is 68.7 Å². The van der Waals surface area contributed by atoms with Crippen LogP contribution in [0, 0.1) is 16.0 Å². The van der Waals surface area contributed by atoms with Crippen molar-refractivity contribution in [2.24, 2.45) is 5.92 Å². The summed E-state index contributed by atoms with van der Waals surface area (Å²) in [7, 11) is 0. The van der Waals surface area contributed by atoms with Crippen molar-refractivity contribution >= 4 is 40.7 Å². The van der Waals surface area contributed by atoms with Gasteiger partial charge in [-0.25, -0.2) is 0 Å². The lowest BCUT2D eigenvalue weighted by molar-refractivity contribution is -0.385. The second-order valence-electron chi connectivity index (χ2n) is 6.77. The molecule has 3 amide bonds. The number of nitrogens with one attached hydrogen (secondary N) is 3. The summed E-state index contributed by atoms with van der Waals surface area (Å²) in [5.41, 5.74) is 0.210. The van der Waals surface area contributed by atoms with Gasteiger partial charge in [-0.05, 0) is 49.2 Å². The van der Waals surface area contributed by atoms with Gasteiger partial charge >= 0.3 is 0 Å². The van der Waals surface area contributed by atoms with Crippen LogP contribution in [0.2, 0.25) is 5.02 Å². The third kappa shape index (κ3) is 5.54. The molecule has 156 valence electrons. The molecule has 0 unspecified atom stereocenters. The van der Waals surface area contributed by atoms with Crippen molar-refractivity contribution in [2.75, 3.05) is 18.4 Å². The van der Waals surface area contributed by atoms with Crippen LogP contribution in [0.4, 0.5) is 11.4 Å². The van der Waals surface area contributed by atoms with Crippen LogP contribution >= 0.6 is 11.6 Å². The lowest BCUT2D eigenvalue weighted by atomic mass is 10.1. The van der Waals surface area contributed by atoms with Gasteiger partial charge in [0.1, 0.15) is 5.56 Å². The molecule has 3 N–H and O–H groups in total. The zero-order valence-corrected chi connectivity index (χ0v) is 16.6. The average Bonchev–Trinajstić information content (AvgIpc) is 3.56. The molecule has 1 saturated carbocycles. The van der Waals surface area contributed by atoms with Crippen LogP contribution in [0.25, 0.3) is 0 Å². The van der Waals surface area contributed by atoms with Gasteiger partial charge < -0.3 is 16.0 Å². The standard InChI is InChI=1S/C20H19ClN4O5/c21-14-5-8-17(25(29)30)16(11-14)20(28)24-15-6-3-13(4-7-15)19(27)23-10-9-22-18(26)12-1-2-12/h3-8,11-12H,1-2,9-10H2,(H,22,26)(H,23,27)(H,24,28). The molecule has 0 saturated heterocycles. The highest BCUT2D eigenvalue weighted by Crippen LogP contribution is 2.28. The predicted octanol–water partition coefficient (Wildman–Crippen LogP) is 2.76. The minimum absolute atomic E-state index is 0.0179. The number of nitro groups is 1. The molecule has 0 atom stereocenters. The van der Waals surface area contributed by atoms with E-state index < -0.39 is 10.8 Å². The van der Waals surface area contributed by atoms with E-state index in [-0.39, 0.29) is 34.0 Å². The summed E-state index contributed by atoms with van der Waals surface area (Å²) in [4.78, 5) is 46.5. The highest BCUT2D eigenvalue weighted by molar-refractivity contribution is 6.31. The van der Waals surface area contributed by atoms with Gasteiger partial charge in [-0.3, -0.25) is 24.5 Å². The van der Waals surface area contributed by atoms with E-state index in [0.717, 1.165) is 18.9 Å². The number of amides is 3. The number of benzene rings is 2. The minimum Gasteiger partial charge on any atom is -0.354 e. The number of anilines is 1. The highest BCUT2D eigenvalue weighted by Gasteiger charge is 2.29. The molecular formula is C20H19ClN4O5. The number of rotatable bonds is 8. The van der Waals surface area contributed by atoms with Crippen LogP contribution in [0.5, 0.6) is 0 Å². The van der Waals surface area contributed by atoms with Crippen molar-refractivity contribution in [3.63, 3.8) is 0 Å². The Morgan fingerprint density at radius 3 is 2.30 bits per heavy atom. The Morgan fingerprint density at radius 1 is 1.00 bits per heavy atom. The van der Waals surface area contributed by atoms with E-state index >= 15 is 0 Å². The summed E-state index contributed by atoms with van der Waals surface area (Å²) in [6, 6.07) is 9.77. The minimum atomic E-state index is -0.687. The van der Waals surface area contributed by atoms with Gasteiger partial charge in [0, 0.05) is 41.3 Å². The van der Waals surface area contributed by atoms with Crippen LogP contribution in [0.3, 0.4) is 0 Å². The Bertz CT molecular complexity index is 989. The summed E-state index contributed by atoms with van der Waals surface area (Å²) in [5.74, 6) is -0.868. The first-order valence-corrected chi connectivity index (χ1v) is 9.64. The largest absolute Gasteiger partial charge is 0.354 e. The number of hydrogen-bond acceptors (Lipinski definition) is 5. The maximum Gasteiger partial charge on any atom is 0.282 e. The van der Waals surface area contributed by atoms with E-state index in [2.05, 4.69) is 16.0 Å². The number of carbonyl (C=O) groups is 3. The van der Waals surface area contributed by atoms with Crippen molar-refractivity contribution in [3.8, 4) is 0 Å². The number of carbonyl (C=O) groups excluding carboxylic acids is 3. The van der Waals surface area contributed by atoms with Gasteiger partial charge in [-0.2, -0.15) is 0 Å². The van der Waals surface area contributed by atoms with E-state index in [1.807, 2.05) is 0 Å². The second-order valence-corrected chi connectivity index (χ2v) is 7.21. The van der Waals surface area contributed by atoms with Crippen LogP contribution in [0.15, 0.2) is 42.5 Å². The van der Waals surface area contributed by atoms with Gasteiger partial charge in [-0.15, -0.1) is 0 Å². The van der Waals surface area contributed by atoms with Gasteiger partial charge in [0.15, 0.2) is 0 Å². The summed E-state index contributed by atoms with van der Waals surface area (Å²) < 4.78 is 0. The molecule has 0 radical (unpaired) electrons. The lowest BCUT2D eigenvalue weighted by Crippen LogP contribution is -2.35. The maximum absolute atomic E-state index is 12.4. The topological polar surface area (TPSA) is 130 Å². The fourth-order valence-electron chi connectivity index (χ4n) is 2.71. The molecule has 0 aliphatic heterocycles. The third-order valence-corrected chi connectivity index (χ3v) is 4.70. The van der Waals surface area contributed by atoms with E-state index in [1.54, 1.807) is 0 Å². The quantitative estimate of drug-likeness (QED) is 0.336. The molecular weight excluding hydrogens is 412 g/mol. The lowest BCUT2D eigenvalue weighted by Gasteiger charge is -2.09. The van der Waals surface area contributed by atoms with E-state index in [1.165, 1.54) is 36.4 Å². The van der Waals surface area contributed by atoms with E-state index in [9.17, 15) is 24.5 Å². The van der Waals surface area contributed by atoms with Crippen molar-refractivity contribution in [1.29, 1.82) is 0 Å². The molecule has 10 heteroatoms. The molecule has 2 aromatic carbocycles. The fraction of sp³-hybridized carbons (Fsp3) is 0.250. The van der Waals surface area contributed by atoms with Crippen LogP contribution in [0.1, 0.15) is 33.6 Å². The SMILES string of the molecule is O=C(NCCNC(=O)C1CC1)c1ccc(NC(=O)c2cc(Cl)ccc2[N+](=O)[O-])cc1. The van der Waals surface area contributed by atoms with Crippen molar-refractivity contribution in [2.45, 2.75) is 12.8 Å². The number of halogens is 1. The summed E-state index contributed by atoms with van der Waals surface area (Å²) in [6.07, 6.45) is 1.84. The monoisotopic (exact) mass is 430 g/mol. The number of nitro benzene ring substituents is 1. The second kappa shape index (κ2) is 9.36. The molecule has 1 fully saturated rings. The predicted molar refractivity (Wildman–Crippen MR) is 111 cm³/mol. The van der Waals surface area contributed by atoms with Gasteiger partial charge in [0.05, 0.1) is 4.92 Å². The zero-order chi connectivity index (χ0) is 21.7. The molecule has 9 nitrogen and oxygen atoms in total. The number of nitrogens with zero attached hydrogens (tertiary/aromatic N) is 1. The van der Waals surface area contributed by atoms with Crippen molar-refractivity contribution in [1.82, 2.24) is 10.6 Å². The van der Waals surface area contributed by atoms with Gasteiger partial charge in [0.2, 0.25) is 5.91 Å². The van der Waals surface area contributed by atoms with Crippen molar-refractivity contribution < 1.29 is 19.3 Å². The molecule has 3 rings (SSSR count). The van der Waals surface area contributed by atoms with Gasteiger partial charge in [-0.1, -0.05) is 11.6 Å². The summed E-state index contributed by atoms with van der Waals surface area (Å²) in [6.45, 7) is 0.655. The molecule has 0 spiro atoms. The van der Waals surface area contributed by atoms with Crippen LogP contribution in [-0.2, 0) is 4.79 Å². The van der Waals surface area contributed by atoms with E-state index in [0.29, 0.717) is 24.3 Å². The smallest absolute Gasteiger partial charge is 0.282 e. The first-order valence-electron chi connectivity index (χ1n) is 9.26. The number of hydrogen-bond donors (Lipinski definition) is 3. The maximum atomic E-state index is 12.4. The third-order valence-electron chi connectivity index (χ3n) is 4.46. The summed E-state index contributed by atoms with van der Waals surface area (Å²) in [5, 5.41) is 19.3. The molecule has 1 aliphatic carbocycles. The molecule has 0 aromatic heterocycles. The van der Waals surface area contributed by atoms with E-state index in [4.69, 9.17) is 11.6 Å². The average molecular weight is 431 g/mol. The molecule has 30 heavy (non-hydrogen) atoms. The fourth-order valence-corrected chi connectivity index (χ4v) is 2.88. The zero-order valence-electron chi connectivity index (χ0n) is 15.8. The first kappa shape index (κ1) is 21.3. The van der Waals surface area contributed by atoms with Gasteiger partial charge in [0.25, 0.3) is 17.5 Å². The Hall–Kier alpha value is -3.46. The molecule has 0 bridgehead atoms.